The first kappa shape index (κ1) is 24.7. The van der Waals surface area contributed by atoms with Crippen LogP contribution in [0.5, 0.6) is 0 Å². The first-order valence-corrected chi connectivity index (χ1v) is 9.65. The van der Waals surface area contributed by atoms with Gasteiger partial charge in [-0.15, -0.1) is 0 Å². The first-order chi connectivity index (χ1) is 14.4. The SMILES string of the molecule is CCC(C(=O)O)N(C)CC.NC=O.O=CCc1ccc2c(c1)-c1ccccc1C2=O. The maximum absolute atomic E-state index is 12.1. The number of likely N-dealkylation sites (N-methyl/N-ethyl adjacent to an activating group) is 1. The second kappa shape index (κ2) is 12.3. The molecule has 7 heteroatoms. The van der Waals surface area contributed by atoms with Gasteiger partial charge in [0.05, 0.1) is 0 Å². The minimum Gasteiger partial charge on any atom is -0.480 e. The van der Waals surface area contributed by atoms with E-state index in [-0.39, 0.29) is 18.2 Å². The number of carboxylic acids is 1. The fourth-order valence-corrected chi connectivity index (χ4v) is 3.19. The maximum atomic E-state index is 12.1. The molecule has 0 bridgehead atoms. The van der Waals surface area contributed by atoms with E-state index in [2.05, 4.69) is 5.73 Å². The van der Waals surface area contributed by atoms with Gasteiger partial charge in [0.15, 0.2) is 5.78 Å². The van der Waals surface area contributed by atoms with Crippen molar-refractivity contribution in [2.24, 2.45) is 5.73 Å². The third-order valence-corrected chi connectivity index (χ3v) is 4.81. The van der Waals surface area contributed by atoms with Crippen molar-refractivity contribution in [1.29, 1.82) is 0 Å². The second-order valence-electron chi connectivity index (χ2n) is 6.60. The molecular formula is C23H28N2O5. The monoisotopic (exact) mass is 412 g/mol. The van der Waals surface area contributed by atoms with Crippen LogP contribution in [0.25, 0.3) is 11.1 Å². The number of nitrogens with two attached hydrogens (primary N) is 1. The molecule has 0 radical (unpaired) electrons. The lowest BCUT2D eigenvalue weighted by molar-refractivity contribution is -0.142. The Hall–Kier alpha value is -3.32. The van der Waals surface area contributed by atoms with Gasteiger partial charge in [-0.25, -0.2) is 0 Å². The van der Waals surface area contributed by atoms with Gasteiger partial charge in [-0.05, 0) is 42.8 Å². The number of carbonyl (C=O) groups is 4. The van der Waals surface area contributed by atoms with Crippen LogP contribution < -0.4 is 5.73 Å². The van der Waals surface area contributed by atoms with Crippen molar-refractivity contribution in [2.75, 3.05) is 13.6 Å². The number of hydrogen-bond donors (Lipinski definition) is 2. The quantitative estimate of drug-likeness (QED) is 0.601. The number of ketones is 1. The fourth-order valence-electron chi connectivity index (χ4n) is 3.19. The number of primary amides is 1. The van der Waals surface area contributed by atoms with Crippen LogP contribution in [0, 0.1) is 0 Å². The van der Waals surface area contributed by atoms with Gasteiger partial charge >= 0.3 is 5.97 Å². The Balaban J connectivity index is 0.000000298. The number of nitrogens with zero attached hydrogens (tertiary/aromatic N) is 1. The van der Waals surface area contributed by atoms with E-state index in [9.17, 15) is 14.4 Å². The molecule has 0 spiro atoms. The molecule has 0 heterocycles. The molecule has 1 unspecified atom stereocenters. The number of carboxylic acid groups (broad SMARTS) is 1. The molecule has 2 aromatic carbocycles. The molecule has 30 heavy (non-hydrogen) atoms. The van der Waals surface area contributed by atoms with Crippen LogP contribution >= 0.6 is 0 Å². The molecular weight excluding hydrogens is 384 g/mol. The summed E-state index contributed by atoms with van der Waals surface area (Å²) >= 11 is 0. The van der Waals surface area contributed by atoms with E-state index < -0.39 is 5.97 Å². The van der Waals surface area contributed by atoms with Crippen LogP contribution in [0.15, 0.2) is 42.5 Å². The van der Waals surface area contributed by atoms with E-state index in [0.29, 0.717) is 12.8 Å². The molecule has 1 atom stereocenters. The van der Waals surface area contributed by atoms with Crippen LogP contribution in [-0.2, 0) is 20.8 Å². The summed E-state index contributed by atoms with van der Waals surface area (Å²) in [5.41, 5.74) is 8.53. The minimum atomic E-state index is -0.730. The lowest BCUT2D eigenvalue weighted by Gasteiger charge is -2.20. The van der Waals surface area contributed by atoms with E-state index >= 15 is 0 Å². The molecule has 160 valence electrons. The summed E-state index contributed by atoms with van der Waals surface area (Å²) in [5, 5.41) is 8.63. The predicted octanol–water partition coefficient (Wildman–Crippen LogP) is 2.54. The highest BCUT2D eigenvalue weighted by atomic mass is 16.4. The van der Waals surface area contributed by atoms with Gasteiger partial charge in [-0.2, -0.15) is 0 Å². The molecule has 3 N–H and O–H groups in total. The Bertz CT molecular complexity index is 895. The normalized spacial score (nSPS) is 11.8. The van der Waals surface area contributed by atoms with Crippen LogP contribution in [0.4, 0.5) is 0 Å². The topological polar surface area (TPSA) is 118 Å². The number of amides is 1. The molecule has 0 aromatic heterocycles. The van der Waals surface area contributed by atoms with Gasteiger partial charge < -0.3 is 15.6 Å². The minimum absolute atomic E-state index is 0.0771. The van der Waals surface area contributed by atoms with Crippen molar-refractivity contribution in [1.82, 2.24) is 4.90 Å². The molecule has 0 saturated carbocycles. The Labute approximate surface area is 176 Å². The Morgan fingerprint density at radius 3 is 2.10 bits per heavy atom. The van der Waals surface area contributed by atoms with Gasteiger partial charge in [-0.3, -0.25) is 19.3 Å². The van der Waals surface area contributed by atoms with Crippen molar-refractivity contribution < 1.29 is 24.3 Å². The molecule has 3 rings (SSSR count). The van der Waals surface area contributed by atoms with Crippen molar-refractivity contribution in [3.63, 3.8) is 0 Å². The Morgan fingerprint density at radius 1 is 1.07 bits per heavy atom. The zero-order valence-corrected chi connectivity index (χ0v) is 17.5. The maximum Gasteiger partial charge on any atom is 0.320 e. The van der Waals surface area contributed by atoms with Crippen LogP contribution in [0.2, 0.25) is 0 Å². The molecule has 1 amide bonds. The van der Waals surface area contributed by atoms with Crippen LogP contribution in [0.1, 0.15) is 41.8 Å². The molecule has 0 aliphatic heterocycles. The summed E-state index contributed by atoms with van der Waals surface area (Å²) in [7, 11) is 1.82. The van der Waals surface area contributed by atoms with Crippen molar-refractivity contribution in [2.45, 2.75) is 32.7 Å². The van der Waals surface area contributed by atoms with Crippen LogP contribution in [0.3, 0.4) is 0 Å². The van der Waals surface area contributed by atoms with E-state index in [0.717, 1.165) is 40.6 Å². The number of aldehydes is 1. The van der Waals surface area contributed by atoms with Gasteiger partial charge in [0.1, 0.15) is 12.3 Å². The molecule has 2 aromatic rings. The zero-order chi connectivity index (χ0) is 22.7. The predicted molar refractivity (Wildman–Crippen MR) is 115 cm³/mol. The average molecular weight is 412 g/mol. The summed E-state index contributed by atoms with van der Waals surface area (Å²) in [5.74, 6) is -0.653. The fraction of sp³-hybridized carbons (Fsp3) is 0.304. The highest BCUT2D eigenvalue weighted by Crippen LogP contribution is 2.36. The number of rotatable bonds is 6. The van der Waals surface area contributed by atoms with Crippen LogP contribution in [-0.4, -0.2) is 54.1 Å². The van der Waals surface area contributed by atoms with Crippen molar-refractivity contribution in [3.8, 4) is 11.1 Å². The average Bonchev–Trinajstić information content (AvgIpc) is 3.02. The van der Waals surface area contributed by atoms with Gasteiger partial charge in [0.25, 0.3) is 0 Å². The number of hydrogen-bond acceptors (Lipinski definition) is 5. The molecule has 7 nitrogen and oxygen atoms in total. The van der Waals surface area contributed by atoms with Gasteiger partial charge in [0, 0.05) is 17.5 Å². The second-order valence-corrected chi connectivity index (χ2v) is 6.60. The molecule has 0 saturated heterocycles. The number of benzene rings is 2. The Kier molecular flexibility index (Phi) is 10.1. The first-order valence-electron chi connectivity index (χ1n) is 9.65. The van der Waals surface area contributed by atoms with Crippen molar-refractivity contribution >= 4 is 24.4 Å². The molecule has 0 fully saturated rings. The highest BCUT2D eigenvalue weighted by molar-refractivity contribution is 6.21. The lowest BCUT2D eigenvalue weighted by atomic mass is 10.0. The summed E-state index contributed by atoms with van der Waals surface area (Å²) in [4.78, 5) is 43.5. The summed E-state index contributed by atoms with van der Waals surface area (Å²) in [6.45, 7) is 4.61. The summed E-state index contributed by atoms with van der Waals surface area (Å²) < 4.78 is 0. The molecule has 1 aliphatic rings. The van der Waals surface area contributed by atoms with E-state index in [1.165, 1.54) is 0 Å². The standard InChI is InChI=1S/C15H10O2.C7H15NO2.CH3NO/c16-8-7-10-5-6-13-14(9-10)11-3-1-2-4-12(11)15(13)17;1-4-6(7(9)10)8(3)5-2;2-1-3/h1-6,8-9H,7H2;6H,4-5H2,1-3H3,(H,9,10);1H,(H2,2,3). The van der Waals surface area contributed by atoms with Gasteiger partial charge in [0.2, 0.25) is 6.41 Å². The number of fused-ring (bicyclic) bond motifs is 3. The number of carbonyl (C=O) groups excluding carboxylic acids is 3. The summed E-state index contributed by atoms with van der Waals surface area (Å²) in [6.07, 6.45) is 2.19. The van der Waals surface area contributed by atoms with E-state index in [4.69, 9.17) is 9.90 Å². The highest BCUT2D eigenvalue weighted by Gasteiger charge is 2.25. The summed E-state index contributed by atoms with van der Waals surface area (Å²) in [6, 6.07) is 12.9. The van der Waals surface area contributed by atoms with Gasteiger partial charge in [-0.1, -0.05) is 50.2 Å². The third-order valence-electron chi connectivity index (χ3n) is 4.81. The Morgan fingerprint density at radius 2 is 1.63 bits per heavy atom. The lowest BCUT2D eigenvalue weighted by Crippen LogP contribution is -2.37. The zero-order valence-electron chi connectivity index (χ0n) is 17.5. The molecule has 1 aliphatic carbocycles. The smallest absolute Gasteiger partial charge is 0.320 e. The van der Waals surface area contributed by atoms with Crippen molar-refractivity contribution in [3.05, 3.63) is 59.2 Å². The largest absolute Gasteiger partial charge is 0.480 e. The van der Waals surface area contributed by atoms with E-state index in [1.807, 2.05) is 68.3 Å². The number of aliphatic carboxylic acids is 1. The third kappa shape index (κ3) is 6.09. The van der Waals surface area contributed by atoms with E-state index in [1.54, 1.807) is 0 Å².